The lowest BCUT2D eigenvalue weighted by Crippen LogP contribution is -2.56. The van der Waals surface area contributed by atoms with Crippen LogP contribution in [-0.2, 0) is 33.5 Å². The number of amides is 4. The summed E-state index contributed by atoms with van der Waals surface area (Å²) in [4.78, 5) is 74.7. The number of rotatable bonds is 12. The summed E-state index contributed by atoms with van der Waals surface area (Å²) in [5.74, 6) is -3.20. The Morgan fingerprint density at radius 2 is 1.62 bits per heavy atom. The highest BCUT2D eigenvalue weighted by Crippen LogP contribution is 2.19. The minimum Gasteiger partial charge on any atom is -0.469 e. The van der Waals surface area contributed by atoms with Crippen LogP contribution >= 0.6 is 11.6 Å². The van der Waals surface area contributed by atoms with Crippen molar-refractivity contribution in [2.24, 2.45) is 5.92 Å². The smallest absolute Gasteiger partial charge is 0.306 e. The first-order valence-electron chi connectivity index (χ1n) is 11.3. The number of likely N-dealkylation sites (tertiary alicyclic amines) is 1. The molecule has 0 aromatic heterocycles. The molecule has 1 fully saturated rings. The monoisotopic (exact) mass is 502 g/mol. The summed E-state index contributed by atoms with van der Waals surface area (Å²) in [5, 5.41) is 7.70. The van der Waals surface area contributed by atoms with Crippen LogP contribution in [0.15, 0.2) is 0 Å². The van der Waals surface area contributed by atoms with Gasteiger partial charge in [0, 0.05) is 13.0 Å². The van der Waals surface area contributed by atoms with Crippen LogP contribution in [0.25, 0.3) is 0 Å². The first-order valence-corrected chi connectivity index (χ1v) is 11.8. The Bertz CT molecular complexity index is 789. The molecule has 0 aromatic carbocycles. The maximum atomic E-state index is 13.0. The number of methoxy groups -OCH3 is 1. The Morgan fingerprint density at radius 3 is 2.18 bits per heavy atom. The second kappa shape index (κ2) is 13.9. The molecule has 0 radical (unpaired) electrons. The first-order chi connectivity index (χ1) is 15.9. The molecule has 3 N–H and O–H groups in total. The van der Waals surface area contributed by atoms with Crippen molar-refractivity contribution < 1.29 is 33.5 Å². The van der Waals surface area contributed by atoms with E-state index in [9.17, 15) is 28.8 Å². The zero-order valence-corrected chi connectivity index (χ0v) is 21.1. The average Bonchev–Trinajstić information content (AvgIpc) is 3.29. The fourth-order valence-corrected chi connectivity index (χ4v) is 3.77. The molecular weight excluding hydrogens is 468 g/mol. The highest BCUT2D eigenvalue weighted by atomic mass is 35.5. The average molecular weight is 503 g/mol. The SMILES string of the molecule is COC(=O)CCC(=O)N[C@@H](C)C(=O)N[C@@H](C)C(=O)N1CCCC1C(=O)NC(C(=O)CCl)C(C)C. The third kappa shape index (κ3) is 8.58. The van der Waals surface area contributed by atoms with E-state index < -0.39 is 53.8 Å². The standard InChI is InChI=1S/C22H35ClN4O7/c1-12(2)19(16(28)11-23)26-21(32)15-7-6-10-27(15)22(33)14(4)25-20(31)13(3)24-17(29)8-9-18(30)34-5/h12-15,19H,6-11H2,1-5H3,(H,24,29)(H,25,31)(H,26,32)/t13-,14-,15?,19?/m0/s1. The van der Waals surface area contributed by atoms with Gasteiger partial charge in [-0.3, -0.25) is 28.8 Å². The molecule has 1 aliphatic heterocycles. The Balaban J connectivity index is 2.68. The fraction of sp³-hybridized carbons (Fsp3) is 0.727. The predicted molar refractivity (Wildman–Crippen MR) is 124 cm³/mol. The predicted octanol–water partition coefficient (Wildman–Crippen LogP) is -0.111. The number of esters is 1. The second-order valence-electron chi connectivity index (χ2n) is 8.62. The van der Waals surface area contributed by atoms with E-state index in [0.717, 1.165) is 0 Å². The molecule has 0 spiro atoms. The van der Waals surface area contributed by atoms with E-state index in [4.69, 9.17) is 11.6 Å². The van der Waals surface area contributed by atoms with E-state index in [-0.39, 0.29) is 30.4 Å². The fourth-order valence-electron chi connectivity index (χ4n) is 3.60. The molecule has 12 heteroatoms. The summed E-state index contributed by atoms with van der Waals surface area (Å²) >= 11 is 5.65. The van der Waals surface area contributed by atoms with Crippen LogP contribution in [0, 0.1) is 5.92 Å². The number of ether oxygens (including phenoxy) is 1. The number of halogens is 1. The Kier molecular flexibility index (Phi) is 12.0. The summed E-state index contributed by atoms with van der Waals surface area (Å²) in [7, 11) is 1.21. The molecule has 4 amide bonds. The third-order valence-corrected chi connectivity index (χ3v) is 5.83. The molecule has 4 atom stereocenters. The van der Waals surface area contributed by atoms with Gasteiger partial charge >= 0.3 is 5.97 Å². The van der Waals surface area contributed by atoms with Crippen LogP contribution in [0.1, 0.15) is 53.4 Å². The van der Waals surface area contributed by atoms with E-state index in [2.05, 4.69) is 20.7 Å². The van der Waals surface area contributed by atoms with E-state index in [1.165, 1.54) is 25.9 Å². The van der Waals surface area contributed by atoms with Gasteiger partial charge in [-0.1, -0.05) is 13.8 Å². The van der Waals surface area contributed by atoms with Crippen molar-refractivity contribution in [1.29, 1.82) is 0 Å². The molecule has 1 heterocycles. The third-order valence-electron chi connectivity index (χ3n) is 5.57. The summed E-state index contributed by atoms with van der Waals surface area (Å²) in [6.45, 7) is 6.87. The minimum absolute atomic E-state index is 0.113. The Morgan fingerprint density at radius 1 is 0.971 bits per heavy atom. The number of nitrogens with one attached hydrogen (secondary N) is 3. The molecule has 11 nitrogen and oxygen atoms in total. The van der Waals surface area contributed by atoms with Gasteiger partial charge in [-0.25, -0.2) is 0 Å². The van der Waals surface area contributed by atoms with E-state index >= 15 is 0 Å². The minimum atomic E-state index is -0.944. The maximum absolute atomic E-state index is 13.0. The lowest BCUT2D eigenvalue weighted by atomic mass is 10.00. The van der Waals surface area contributed by atoms with Gasteiger partial charge in [0.05, 0.1) is 25.5 Å². The Hall–Kier alpha value is -2.69. The van der Waals surface area contributed by atoms with Crippen LogP contribution in [0.2, 0.25) is 0 Å². The molecule has 1 saturated heterocycles. The number of hydrogen-bond donors (Lipinski definition) is 3. The lowest BCUT2D eigenvalue weighted by molar-refractivity contribution is -0.142. The van der Waals surface area contributed by atoms with Gasteiger partial charge in [0.1, 0.15) is 18.1 Å². The number of ketones is 1. The van der Waals surface area contributed by atoms with E-state index in [0.29, 0.717) is 19.4 Å². The molecule has 0 aromatic rings. The summed E-state index contributed by atoms with van der Waals surface area (Å²) in [6.07, 6.45) is 0.794. The maximum Gasteiger partial charge on any atom is 0.306 e. The number of carbonyl (C=O) groups is 6. The van der Waals surface area contributed by atoms with Gasteiger partial charge in [0.15, 0.2) is 5.78 Å². The number of carbonyl (C=O) groups excluding carboxylic acids is 6. The molecule has 2 unspecified atom stereocenters. The number of hydrogen-bond acceptors (Lipinski definition) is 7. The van der Waals surface area contributed by atoms with Crippen LogP contribution in [0.3, 0.4) is 0 Å². The zero-order chi connectivity index (χ0) is 26.0. The number of alkyl halides is 1. The summed E-state index contributed by atoms with van der Waals surface area (Å²) in [6, 6.07) is -3.39. The Labute approximate surface area is 204 Å². The van der Waals surface area contributed by atoms with Gasteiger partial charge in [0.2, 0.25) is 23.6 Å². The zero-order valence-electron chi connectivity index (χ0n) is 20.3. The number of nitrogens with zero attached hydrogens (tertiary/aromatic N) is 1. The van der Waals surface area contributed by atoms with Crippen LogP contribution in [0.5, 0.6) is 0 Å². The number of Topliss-reactive ketones (excluding diaryl/α,β-unsaturated/α-hetero) is 1. The molecular formula is C22H35ClN4O7. The molecule has 1 rings (SSSR count). The van der Waals surface area contributed by atoms with Crippen LogP contribution in [0.4, 0.5) is 0 Å². The van der Waals surface area contributed by atoms with Gasteiger partial charge in [-0.15, -0.1) is 11.6 Å². The molecule has 34 heavy (non-hydrogen) atoms. The molecule has 0 bridgehead atoms. The highest BCUT2D eigenvalue weighted by molar-refractivity contribution is 6.28. The molecule has 0 saturated carbocycles. The molecule has 192 valence electrons. The lowest BCUT2D eigenvalue weighted by Gasteiger charge is -2.29. The van der Waals surface area contributed by atoms with Crippen molar-refractivity contribution in [1.82, 2.24) is 20.9 Å². The van der Waals surface area contributed by atoms with Gasteiger partial charge in [-0.2, -0.15) is 0 Å². The van der Waals surface area contributed by atoms with Crippen LogP contribution < -0.4 is 16.0 Å². The summed E-state index contributed by atoms with van der Waals surface area (Å²) in [5.41, 5.74) is 0. The van der Waals surface area contributed by atoms with Crippen LogP contribution in [-0.4, -0.2) is 84.0 Å². The topological polar surface area (TPSA) is 151 Å². The largest absolute Gasteiger partial charge is 0.469 e. The van der Waals surface area contributed by atoms with E-state index in [1.54, 1.807) is 13.8 Å². The summed E-state index contributed by atoms with van der Waals surface area (Å²) < 4.78 is 4.46. The first kappa shape index (κ1) is 29.3. The van der Waals surface area contributed by atoms with E-state index in [1.807, 2.05) is 0 Å². The molecule has 1 aliphatic rings. The van der Waals surface area contributed by atoms with Crippen molar-refractivity contribution >= 4 is 47.0 Å². The molecule has 0 aliphatic carbocycles. The normalized spacial score (nSPS) is 18.0. The quantitative estimate of drug-likeness (QED) is 0.249. The second-order valence-corrected chi connectivity index (χ2v) is 8.88. The van der Waals surface area contributed by atoms with Crippen molar-refractivity contribution in [3.05, 3.63) is 0 Å². The van der Waals surface area contributed by atoms with Crippen molar-refractivity contribution in [3.63, 3.8) is 0 Å². The highest BCUT2D eigenvalue weighted by Gasteiger charge is 2.38. The van der Waals surface area contributed by atoms with Crippen molar-refractivity contribution in [2.75, 3.05) is 19.5 Å². The van der Waals surface area contributed by atoms with Crippen molar-refractivity contribution in [2.45, 2.75) is 77.5 Å². The van der Waals surface area contributed by atoms with Gasteiger partial charge in [0.25, 0.3) is 0 Å². The van der Waals surface area contributed by atoms with Gasteiger partial charge in [-0.05, 0) is 32.6 Å². The van der Waals surface area contributed by atoms with Crippen molar-refractivity contribution in [3.8, 4) is 0 Å². The van der Waals surface area contributed by atoms with Gasteiger partial charge < -0.3 is 25.6 Å².